The number of benzene rings is 1. The van der Waals surface area contributed by atoms with Crippen molar-refractivity contribution in [3.05, 3.63) is 36.5 Å². The van der Waals surface area contributed by atoms with Gasteiger partial charge in [0.1, 0.15) is 0 Å². The van der Waals surface area contributed by atoms with Gasteiger partial charge in [0.25, 0.3) is 0 Å². The summed E-state index contributed by atoms with van der Waals surface area (Å²) in [6.07, 6.45) is 2.47. The zero-order chi connectivity index (χ0) is 11.7. The Kier molecular flexibility index (Phi) is 2.87. The molecule has 0 spiro atoms. The number of likely N-dealkylation sites (N-methyl/N-ethyl adjacent to an activating group) is 1. The normalized spacial score (nSPS) is 22.1. The molecule has 1 aliphatic heterocycles. The van der Waals surface area contributed by atoms with Crippen LogP contribution in [0.3, 0.4) is 0 Å². The minimum atomic E-state index is 0.310. The van der Waals surface area contributed by atoms with Crippen molar-refractivity contribution in [3.63, 3.8) is 0 Å². The van der Waals surface area contributed by atoms with Gasteiger partial charge in [0.2, 0.25) is 0 Å². The third-order valence-corrected chi connectivity index (χ3v) is 3.42. The zero-order valence-electron chi connectivity index (χ0n) is 10.2. The van der Waals surface area contributed by atoms with Gasteiger partial charge in [-0.25, -0.2) is 0 Å². The number of para-hydroxylation sites is 1. The Balaban J connectivity index is 1.80. The predicted molar refractivity (Wildman–Crippen MR) is 69.2 cm³/mol. The average Bonchev–Trinajstić information content (AvgIpc) is 2.73. The Bertz CT molecular complexity index is 506. The van der Waals surface area contributed by atoms with E-state index in [9.17, 15) is 0 Å². The summed E-state index contributed by atoms with van der Waals surface area (Å²) in [7, 11) is 2.16. The lowest BCUT2D eigenvalue weighted by Crippen LogP contribution is -2.41. The first-order valence-corrected chi connectivity index (χ1v) is 6.17. The molecule has 1 saturated heterocycles. The van der Waals surface area contributed by atoms with Gasteiger partial charge in [0.15, 0.2) is 0 Å². The topological polar surface area (TPSA) is 17.4 Å². The molecule has 0 saturated carbocycles. The van der Waals surface area contributed by atoms with Gasteiger partial charge in [0.05, 0.1) is 19.3 Å². The van der Waals surface area contributed by atoms with Crippen LogP contribution in [0.2, 0.25) is 0 Å². The van der Waals surface area contributed by atoms with Crippen molar-refractivity contribution in [1.82, 2.24) is 9.47 Å². The van der Waals surface area contributed by atoms with Crippen LogP contribution in [0.5, 0.6) is 0 Å². The lowest BCUT2D eigenvalue weighted by molar-refractivity contribution is -0.0269. The van der Waals surface area contributed by atoms with Crippen LogP contribution in [0.15, 0.2) is 36.5 Å². The minimum absolute atomic E-state index is 0.310. The van der Waals surface area contributed by atoms with Gasteiger partial charge in [-0.1, -0.05) is 18.2 Å². The van der Waals surface area contributed by atoms with E-state index in [2.05, 4.69) is 53.0 Å². The Hall–Kier alpha value is -1.32. The number of hydrogen-bond acceptors (Lipinski definition) is 2. The third-order valence-electron chi connectivity index (χ3n) is 3.42. The van der Waals surface area contributed by atoms with Crippen LogP contribution in [-0.4, -0.2) is 42.3 Å². The number of fused-ring (bicyclic) bond motifs is 1. The molecule has 0 bridgehead atoms. The minimum Gasteiger partial charge on any atom is -0.374 e. The number of aromatic nitrogens is 1. The lowest BCUT2D eigenvalue weighted by Gasteiger charge is -2.30. The van der Waals surface area contributed by atoms with E-state index in [-0.39, 0.29) is 0 Å². The molecule has 1 fully saturated rings. The van der Waals surface area contributed by atoms with Crippen LogP contribution in [0, 0.1) is 0 Å². The first-order valence-electron chi connectivity index (χ1n) is 6.17. The quantitative estimate of drug-likeness (QED) is 0.785. The predicted octanol–water partition coefficient (Wildman–Crippen LogP) is 1.97. The highest BCUT2D eigenvalue weighted by molar-refractivity contribution is 5.79. The smallest absolute Gasteiger partial charge is 0.0881 e. The fourth-order valence-electron chi connectivity index (χ4n) is 2.50. The summed E-state index contributed by atoms with van der Waals surface area (Å²) in [6.45, 7) is 3.85. The maximum atomic E-state index is 5.81. The first-order chi connectivity index (χ1) is 8.33. The Labute approximate surface area is 102 Å². The molecule has 3 nitrogen and oxygen atoms in total. The second kappa shape index (κ2) is 4.51. The molecule has 1 atom stereocenters. The molecule has 17 heavy (non-hydrogen) atoms. The van der Waals surface area contributed by atoms with Crippen LogP contribution >= 0.6 is 0 Å². The van der Waals surface area contributed by atoms with Crippen molar-refractivity contribution in [3.8, 4) is 0 Å². The molecule has 0 aliphatic carbocycles. The first kappa shape index (κ1) is 10.8. The van der Waals surface area contributed by atoms with Gasteiger partial charge < -0.3 is 14.2 Å². The monoisotopic (exact) mass is 230 g/mol. The van der Waals surface area contributed by atoms with E-state index in [1.807, 2.05) is 0 Å². The summed E-state index contributed by atoms with van der Waals surface area (Å²) in [4.78, 5) is 2.33. The molecular weight excluding hydrogens is 212 g/mol. The summed E-state index contributed by atoms with van der Waals surface area (Å²) in [5.41, 5.74) is 1.30. The molecule has 2 aromatic rings. The second-order valence-electron chi connectivity index (χ2n) is 4.78. The van der Waals surface area contributed by atoms with Crippen molar-refractivity contribution < 1.29 is 4.74 Å². The molecule has 1 aliphatic rings. The molecule has 90 valence electrons. The molecule has 1 aromatic carbocycles. The van der Waals surface area contributed by atoms with Crippen LogP contribution in [0.4, 0.5) is 0 Å². The summed E-state index contributed by atoms with van der Waals surface area (Å²) in [5, 5.41) is 1.30. The van der Waals surface area contributed by atoms with Gasteiger partial charge in [-0.3, -0.25) is 0 Å². The van der Waals surface area contributed by atoms with Gasteiger partial charge in [-0.05, 0) is 24.6 Å². The Morgan fingerprint density at radius 2 is 2.18 bits per heavy atom. The number of morpholine rings is 1. The molecule has 0 radical (unpaired) electrons. The number of rotatable bonds is 2. The van der Waals surface area contributed by atoms with Gasteiger partial charge in [-0.2, -0.15) is 0 Å². The molecule has 1 unspecified atom stereocenters. The Morgan fingerprint density at radius 1 is 1.29 bits per heavy atom. The van der Waals surface area contributed by atoms with Gasteiger partial charge in [0, 0.05) is 24.8 Å². The fraction of sp³-hybridized carbons (Fsp3) is 0.429. The van der Waals surface area contributed by atoms with Crippen molar-refractivity contribution in [2.45, 2.75) is 12.6 Å². The van der Waals surface area contributed by atoms with Crippen LogP contribution in [0.1, 0.15) is 0 Å². The van der Waals surface area contributed by atoms with E-state index in [0.29, 0.717) is 6.10 Å². The van der Waals surface area contributed by atoms with Crippen LogP contribution < -0.4 is 0 Å². The van der Waals surface area contributed by atoms with E-state index in [4.69, 9.17) is 4.74 Å². The standard InChI is InChI=1S/C14H18N2O/c1-15-8-9-17-13(10-15)11-16-7-6-12-4-2-3-5-14(12)16/h2-7,13H,8-11H2,1H3. The Morgan fingerprint density at radius 3 is 3.06 bits per heavy atom. The molecular formula is C14H18N2O. The van der Waals surface area contributed by atoms with Crippen molar-refractivity contribution in [2.75, 3.05) is 26.7 Å². The lowest BCUT2D eigenvalue weighted by atomic mass is 10.2. The van der Waals surface area contributed by atoms with E-state index in [1.165, 1.54) is 10.9 Å². The van der Waals surface area contributed by atoms with E-state index >= 15 is 0 Å². The summed E-state index contributed by atoms with van der Waals surface area (Å²) < 4.78 is 8.10. The molecule has 3 rings (SSSR count). The van der Waals surface area contributed by atoms with E-state index < -0.39 is 0 Å². The highest BCUT2D eigenvalue weighted by Gasteiger charge is 2.18. The second-order valence-corrected chi connectivity index (χ2v) is 4.78. The number of ether oxygens (including phenoxy) is 1. The average molecular weight is 230 g/mol. The molecule has 2 heterocycles. The van der Waals surface area contributed by atoms with Crippen molar-refractivity contribution in [2.24, 2.45) is 0 Å². The largest absolute Gasteiger partial charge is 0.374 e. The molecule has 1 aromatic heterocycles. The van der Waals surface area contributed by atoms with Crippen LogP contribution in [0.25, 0.3) is 10.9 Å². The summed E-state index contributed by atoms with van der Waals surface area (Å²) in [5.74, 6) is 0. The summed E-state index contributed by atoms with van der Waals surface area (Å²) in [6, 6.07) is 10.7. The van der Waals surface area contributed by atoms with E-state index in [0.717, 1.165) is 26.2 Å². The molecule has 0 N–H and O–H groups in total. The number of nitrogens with zero attached hydrogens (tertiary/aromatic N) is 2. The molecule has 0 amide bonds. The highest BCUT2D eigenvalue weighted by atomic mass is 16.5. The molecule has 3 heteroatoms. The summed E-state index contributed by atoms with van der Waals surface area (Å²) >= 11 is 0. The van der Waals surface area contributed by atoms with Crippen molar-refractivity contribution in [1.29, 1.82) is 0 Å². The number of hydrogen-bond donors (Lipinski definition) is 0. The maximum absolute atomic E-state index is 5.81. The maximum Gasteiger partial charge on any atom is 0.0881 e. The fourth-order valence-corrected chi connectivity index (χ4v) is 2.50. The zero-order valence-corrected chi connectivity index (χ0v) is 10.2. The third kappa shape index (κ3) is 2.21. The van der Waals surface area contributed by atoms with Crippen molar-refractivity contribution >= 4 is 10.9 Å². The van der Waals surface area contributed by atoms with Gasteiger partial charge in [-0.15, -0.1) is 0 Å². The SMILES string of the molecule is CN1CCOC(Cn2ccc3ccccc32)C1. The highest BCUT2D eigenvalue weighted by Crippen LogP contribution is 2.16. The van der Waals surface area contributed by atoms with E-state index in [1.54, 1.807) is 0 Å². The van der Waals surface area contributed by atoms with Crippen LogP contribution in [-0.2, 0) is 11.3 Å². The van der Waals surface area contributed by atoms with Gasteiger partial charge >= 0.3 is 0 Å².